The summed E-state index contributed by atoms with van der Waals surface area (Å²) in [6.07, 6.45) is 0.218. The fourth-order valence-corrected chi connectivity index (χ4v) is 3.03. The lowest BCUT2D eigenvalue weighted by molar-refractivity contribution is -0.0977. The van der Waals surface area contributed by atoms with Crippen molar-refractivity contribution in [2.75, 3.05) is 57.4 Å². The maximum atomic E-state index is 11.3. The molecule has 5 heteroatoms. The van der Waals surface area contributed by atoms with Crippen molar-refractivity contribution in [1.29, 1.82) is 0 Å². The number of Topliss-reactive ketones (excluding diaryl/α,β-unsaturated/α-hetero) is 1. The standard InChI is InChI=1S/C17H24N2O3/c1-14(20)15-2-4-16(5-3-15)19-8-6-18(7-9-19)12-17-13-21-10-11-22-17/h2-5,17H,6-13H2,1H3/t17-/m1/s1. The van der Waals surface area contributed by atoms with E-state index in [0.717, 1.165) is 44.9 Å². The number of ketones is 1. The van der Waals surface area contributed by atoms with E-state index in [2.05, 4.69) is 9.80 Å². The second-order valence-corrected chi connectivity index (χ2v) is 5.96. The van der Waals surface area contributed by atoms with Crippen LogP contribution in [0, 0.1) is 0 Å². The molecule has 2 aliphatic rings. The van der Waals surface area contributed by atoms with Gasteiger partial charge in [0.05, 0.1) is 25.9 Å². The van der Waals surface area contributed by atoms with Gasteiger partial charge in [-0.25, -0.2) is 0 Å². The Balaban J connectivity index is 1.49. The Morgan fingerprint density at radius 3 is 2.45 bits per heavy atom. The monoisotopic (exact) mass is 304 g/mol. The molecule has 0 spiro atoms. The Hall–Kier alpha value is -1.43. The summed E-state index contributed by atoms with van der Waals surface area (Å²) in [6, 6.07) is 7.92. The molecule has 0 aromatic heterocycles. The van der Waals surface area contributed by atoms with Gasteiger partial charge in [0, 0.05) is 44.0 Å². The van der Waals surface area contributed by atoms with Gasteiger partial charge in [-0.2, -0.15) is 0 Å². The van der Waals surface area contributed by atoms with E-state index in [1.807, 2.05) is 24.3 Å². The summed E-state index contributed by atoms with van der Waals surface area (Å²) >= 11 is 0. The summed E-state index contributed by atoms with van der Waals surface area (Å²) < 4.78 is 11.2. The van der Waals surface area contributed by atoms with Crippen LogP contribution in [0.25, 0.3) is 0 Å². The first kappa shape index (κ1) is 15.5. The largest absolute Gasteiger partial charge is 0.376 e. The van der Waals surface area contributed by atoms with Crippen LogP contribution in [0.2, 0.25) is 0 Å². The molecule has 0 radical (unpaired) electrons. The Labute approximate surface area is 131 Å². The van der Waals surface area contributed by atoms with Crippen LogP contribution in [-0.4, -0.2) is 69.3 Å². The molecular weight excluding hydrogens is 280 g/mol. The average Bonchev–Trinajstić information content (AvgIpc) is 2.57. The van der Waals surface area contributed by atoms with Crippen LogP contribution in [0.15, 0.2) is 24.3 Å². The SMILES string of the molecule is CC(=O)c1ccc(N2CCN(C[C@@H]3COCCO3)CC2)cc1. The van der Waals surface area contributed by atoms with Gasteiger partial charge in [-0.15, -0.1) is 0 Å². The lowest BCUT2D eigenvalue weighted by Gasteiger charge is -2.38. The highest BCUT2D eigenvalue weighted by atomic mass is 16.6. The van der Waals surface area contributed by atoms with E-state index in [1.54, 1.807) is 6.92 Å². The number of benzene rings is 1. The zero-order valence-electron chi connectivity index (χ0n) is 13.2. The Morgan fingerprint density at radius 1 is 1.14 bits per heavy atom. The molecule has 120 valence electrons. The molecule has 2 saturated heterocycles. The predicted molar refractivity (Wildman–Crippen MR) is 85.7 cm³/mol. The van der Waals surface area contributed by atoms with E-state index in [1.165, 1.54) is 5.69 Å². The van der Waals surface area contributed by atoms with E-state index in [-0.39, 0.29) is 11.9 Å². The van der Waals surface area contributed by atoms with Crippen LogP contribution in [0.5, 0.6) is 0 Å². The molecule has 3 rings (SSSR count). The molecule has 2 fully saturated rings. The molecule has 0 N–H and O–H groups in total. The molecule has 0 aliphatic carbocycles. The summed E-state index contributed by atoms with van der Waals surface area (Å²) in [4.78, 5) is 16.1. The number of nitrogens with zero attached hydrogens (tertiary/aromatic N) is 2. The van der Waals surface area contributed by atoms with E-state index in [9.17, 15) is 4.79 Å². The minimum atomic E-state index is 0.117. The molecule has 22 heavy (non-hydrogen) atoms. The van der Waals surface area contributed by atoms with Gasteiger partial charge in [-0.1, -0.05) is 0 Å². The molecule has 0 unspecified atom stereocenters. The quantitative estimate of drug-likeness (QED) is 0.787. The normalized spacial score (nSPS) is 23.5. The molecule has 1 aromatic carbocycles. The fraction of sp³-hybridized carbons (Fsp3) is 0.588. The Morgan fingerprint density at radius 2 is 1.86 bits per heavy atom. The van der Waals surface area contributed by atoms with Crippen molar-refractivity contribution in [3.63, 3.8) is 0 Å². The van der Waals surface area contributed by atoms with Gasteiger partial charge in [0.2, 0.25) is 0 Å². The lowest BCUT2D eigenvalue weighted by atomic mass is 10.1. The number of carbonyl (C=O) groups excluding carboxylic acids is 1. The zero-order chi connectivity index (χ0) is 15.4. The van der Waals surface area contributed by atoms with Crippen molar-refractivity contribution in [2.24, 2.45) is 0 Å². The van der Waals surface area contributed by atoms with Gasteiger partial charge in [-0.3, -0.25) is 9.69 Å². The van der Waals surface area contributed by atoms with Crippen LogP contribution in [0.1, 0.15) is 17.3 Å². The minimum Gasteiger partial charge on any atom is -0.376 e. The summed E-state index contributed by atoms with van der Waals surface area (Å²) in [6.45, 7) is 8.80. The molecule has 5 nitrogen and oxygen atoms in total. The van der Waals surface area contributed by atoms with Gasteiger partial charge in [0.15, 0.2) is 5.78 Å². The van der Waals surface area contributed by atoms with Crippen molar-refractivity contribution in [3.8, 4) is 0 Å². The third kappa shape index (κ3) is 3.85. The van der Waals surface area contributed by atoms with Gasteiger partial charge >= 0.3 is 0 Å². The van der Waals surface area contributed by atoms with Crippen LogP contribution >= 0.6 is 0 Å². The first-order valence-corrected chi connectivity index (χ1v) is 8.00. The van der Waals surface area contributed by atoms with Gasteiger partial charge in [-0.05, 0) is 31.2 Å². The van der Waals surface area contributed by atoms with Crippen molar-refractivity contribution in [1.82, 2.24) is 4.90 Å². The van der Waals surface area contributed by atoms with Crippen molar-refractivity contribution in [2.45, 2.75) is 13.0 Å². The molecular formula is C17H24N2O3. The van der Waals surface area contributed by atoms with Gasteiger partial charge in [0.25, 0.3) is 0 Å². The Kier molecular flexibility index (Phi) is 5.08. The second kappa shape index (κ2) is 7.22. The van der Waals surface area contributed by atoms with Gasteiger partial charge < -0.3 is 14.4 Å². The number of piperazine rings is 1. The van der Waals surface area contributed by atoms with Crippen LogP contribution in [0.4, 0.5) is 5.69 Å². The molecule has 2 aliphatic heterocycles. The maximum absolute atomic E-state index is 11.3. The first-order chi connectivity index (χ1) is 10.7. The average molecular weight is 304 g/mol. The van der Waals surface area contributed by atoms with Crippen molar-refractivity contribution < 1.29 is 14.3 Å². The molecule has 1 aromatic rings. The number of carbonyl (C=O) groups is 1. The maximum Gasteiger partial charge on any atom is 0.159 e. The smallest absolute Gasteiger partial charge is 0.159 e. The fourth-order valence-electron chi connectivity index (χ4n) is 3.03. The number of hydrogen-bond acceptors (Lipinski definition) is 5. The topological polar surface area (TPSA) is 42.0 Å². The summed E-state index contributed by atoms with van der Waals surface area (Å²) in [5.41, 5.74) is 1.97. The van der Waals surface area contributed by atoms with E-state index in [4.69, 9.17) is 9.47 Å². The third-order valence-corrected chi connectivity index (χ3v) is 4.36. The summed E-state index contributed by atoms with van der Waals surface area (Å²) in [7, 11) is 0. The van der Waals surface area contributed by atoms with Crippen LogP contribution in [0.3, 0.4) is 0 Å². The lowest BCUT2D eigenvalue weighted by Crippen LogP contribution is -2.50. The molecule has 0 amide bonds. The highest BCUT2D eigenvalue weighted by Gasteiger charge is 2.22. The third-order valence-electron chi connectivity index (χ3n) is 4.36. The summed E-state index contributed by atoms with van der Waals surface area (Å²) in [5, 5.41) is 0. The number of ether oxygens (including phenoxy) is 2. The molecule has 0 bridgehead atoms. The number of hydrogen-bond donors (Lipinski definition) is 0. The highest BCUT2D eigenvalue weighted by molar-refractivity contribution is 5.94. The van der Waals surface area contributed by atoms with Crippen molar-refractivity contribution >= 4 is 11.5 Å². The van der Waals surface area contributed by atoms with Crippen LogP contribution < -0.4 is 4.90 Å². The Bertz CT molecular complexity index is 489. The van der Waals surface area contributed by atoms with Gasteiger partial charge in [0.1, 0.15) is 0 Å². The second-order valence-electron chi connectivity index (χ2n) is 5.96. The summed E-state index contributed by atoms with van der Waals surface area (Å²) in [5.74, 6) is 0.117. The highest BCUT2D eigenvalue weighted by Crippen LogP contribution is 2.18. The van der Waals surface area contributed by atoms with E-state index >= 15 is 0 Å². The number of anilines is 1. The molecule has 0 saturated carbocycles. The molecule has 1 atom stereocenters. The van der Waals surface area contributed by atoms with E-state index in [0.29, 0.717) is 13.2 Å². The van der Waals surface area contributed by atoms with Crippen LogP contribution in [-0.2, 0) is 9.47 Å². The minimum absolute atomic E-state index is 0.117. The first-order valence-electron chi connectivity index (χ1n) is 8.00. The van der Waals surface area contributed by atoms with Crippen molar-refractivity contribution in [3.05, 3.63) is 29.8 Å². The predicted octanol–water partition coefficient (Wildman–Crippen LogP) is 1.43. The number of rotatable bonds is 4. The van der Waals surface area contributed by atoms with E-state index < -0.39 is 0 Å². The molecule has 2 heterocycles. The zero-order valence-corrected chi connectivity index (χ0v) is 13.2.